The van der Waals surface area contributed by atoms with Crippen molar-refractivity contribution in [3.05, 3.63) is 53.1 Å². The molecule has 0 heterocycles. The number of aromatic hydroxyl groups is 1. The van der Waals surface area contributed by atoms with Gasteiger partial charge in [0.05, 0.1) is 19.4 Å². The number of rotatable bonds is 10. The zero-order valence-electron chi connectivity index (χ0n) is 21.2. The van der Waals surface area contributed by atoms with Crippen LogP contribution < -0.4 is 16.0 Å². The summed E-state index contributed by atoms with van der Waals surface area (Å²) in [6.45, 7) is 3.90. The van der Waals surface area contributed by atoms with E-state index in [-0.39, 0.29) is 73.7 Å². The van der Waals surface area contributed by atoms with E-state index < -0.39 is 0 Å². The van der Waals surface area contributed by atoms with Crippen molar-refractivity contribution in [3.8, 4) is 5.75 Å². The Balaban J connectivity index is 0.00000481. The van der Waals surface area contributed by atoms with Gasteiger partial charge < -0.3 is 25.8 Å². The first kappa shape index (κ1) is 29.6. The molecule has 0 spiro atoms. The summed E-state index contributed by atoms with van der Waals surface area (Å²) in [5.74, 6) is -1.03. The van der Waals surface area contributed by atoms with E-state index in [2.05, 4.69) is 5.32 Å². The van der Waals surface area contributed by atoms with Crippen LogP contribution in [0.4, 0.5) is 11.4 Å². The number of hydrogen-bond donors (Lipinski definition) is 4. The Kier molecular flexibility index (Phi) is 10.9. The topological polar surface area (TPSA) is 146 Å². The van der Waals surface area contributed by atoms with Gasteiger partial charge >= 0.3 is 5.97 Å². The standard InChI is InChI=1S/C27H34N4O5.ClH/c1-3-36-26(35)13-12-25(34)31(21-6-4-5-7-21)22-10-9-20(14-17(22)2)30-24(33)16-19-15-18(27(28)29)8-11-23(19)32;/h8-11,14-15,21,32H,3-7,12-13,16H2,1-2H3,(H3,28,29)(H,30,33);1H. The van der Waals surface area contributed by atoms with Crippen LogP contribution in [-0.2, 0) is 25.5 Å². The van der Waals surface area contributed by atoms with Gasteiger partial charge in [-0.1, -0.05) is 12.8 Å². The molecule has 10 heteroatoms. The first-order valence-corrected chi connectivity index (χ1v) is 12.2. The van der Waals surface area contributed by atoms with Crippen molar-refractivity contribution in [1.82, 2.24) is 0 Å². The number of halogens is 1. The van der Waals surface area contributed by atoms with Crippen molar-refractivity contribution in [3.63, 3.8) is 0 Å². The second-order valence-corrected chi connectivity index (χ2v) is 8.99. The lowest BCUT2D eigenvalue weighted by Crippen LogP contribution is -2.39. The fraction of sp³-hybridized carbons (Fsp3) is 0.407. The third kappa shape index (κ3) is 7.95. The Hall–Kier alpha value is -3.59. The molecule has 1 aliphatic rings. The molecular weight excluding hydrogens is 496 g/mol. The number of ether oxygens (including phenoxy) is 1. The molecule has 0 aromatic heterocycles. The number of benzene rings is 2. The molecular formula is C27H35ClN4O5. The Morgan fingerprint density at radius 2 is 1.84 bits per heavy atom. The average molecular weight is 531 g/mol. The Labute approximate surface area is 223 Å². The van der Waals surface area contributed by atoms with Gasteiger partial charge in [-0.2, -0.15) is 0 Å². The van der Waals surface area contributed by atoms with E-state index in [1.165, 1.54) is 18.2 Å². The third-order valence-corrected chi connectivity index (χ3v) is 6.29. The number of amidine groups is 1. The largest absolute Gasteiger partial charge is 0.508 e. The number of anilines is 2. The number of carbonyl (C=O) groups excluding carboxylic acids is 3. The molecule has 1 fully saturated rings. The van der Waals surface area contributed by atoms with Crippen LogP contribution in [0.25, 0.3) is 0 Å². The second-order valence-electron chi connectivity index (χ2n) is 8.99. The molecule has 5 N–H and O–H groups in total. The smallest absolute Gasteiger partial charge is 0.306 e. The molecule has 1 aliphatic carbocycles. The van der Waals surface area contributed by atoms with Gasteiger partial charge in [0.25, 0.3) is 0 Å². The van der Waals surface area contributed by atoms with Crippen LogP contribution in [0, 0.1) is 12.3 Å². The number of amides is 2. The highest BCUT2D eigenvalue weighted by Gasteiger charge is 2.29. The first-order valence-electron chi connectivity index (χ1n) is 12.2. The number of carbonyl (C=O) groups is 3. The van der Waals surface area contributed by atoms with Crippen molar-refractivity contribution >= 4 is 47.4 Å². The fourth-order valence-electron chi connectivity index (χ4n) is 4.54. The molecule has 0 bridgehead atoms. The zero-order chi connectivity index (χ0) is 26.2. The number of nitrogens with one attached hydrogen (secondary N) is 2. The van der Waals surface area contributed by atoms with Crippen molar-refractivity contribution < 1.29 is 24.2 Å². The predicted octanol–water partition coefficient (Wildman–Crippen LogP) is 4.21. The van der Waals surface area contributed by atoms with Gasteiger partial charge in [0.2, 0.25) is 11.8 Å². The predicted molar refractivity (Wildman–Crippen MR) is 145 cm³/mol. The van der Waals surface area contributed by atoms with Gasteiger partial charge in [-0.05, 0) is 68.7 Å². The summed E-state index contributed by atoms with van der Waals surface area (Å²) >= 11 is 0. The molecule has 1 saturated carbocycles. The summed E-state index contributed by atoms with van der Waals surface area (Å²) in [7, 11) is 0. The molecule has 0 unspecified atom stereocenters. The lowest BCUT2D eigenvalue weighted by Gasteiger charge is -2.31. The number of nitrogens with two attached hydrogens (primary N) is 1. The average Bonchev–Trinajstić information content (AvgIpc) is 3.35. The van der Waals surface area contributed by atoms with Crippen molar-refractivity contribution in [2.75, 3.05) is 16.8 Å². The van der Waals surface area contributed by atoms with E-state index in [4.69, 9.17) is 15.9 Å². The van der Waals surface area contributed by atoms with Gasteiger partial charge in [0.15, 0.2) is 0 Å². The van der Waals surface area contributed by atoms with Crippen LogP contribution in [0.1, 0.15) is 62.1 Å². The quantitative estimate of drug-likeness (QED) is 0.206. The Bertz CT molecular complexity index is 1150. The van der Waals surface area contributed by atoms with Gasteiger partial charge in [0, 0.05) is 35.0 Å². The van der Waals surface area contributed by atoms with Crippen molar-refractivity contribution in [2.45, 2.75) is 64.8 Å². The molecule has 37 heavy (non-hydrogen) atoms. The summed E-state index contributed by atoms with van der Waals surface area (Å²) in [5, 5.41) is 20.5. The van der Waals surface area contributed by atoms with Crippen LogP contribution in [0.5, 0.6) is 5.75 Å². The zero-order valence-corrected chi connectivity index (χ0v) is 22.0. The summed E-state index contributed by atoms with van der Waals surface area (Å²) in [6.07, 6.45) is 3.96. The number of phenols is 1. The molecule has 2 amide bonds. The van der Waals surface area contributed by atoms with E-state index in [1.54, 1.807) is 24.0 Å². The minimum absolute atomic E-state index is 0. The molecule has 2 aromatic carbocycles. The molecule has 0 radical (unpaired) electrons. The van der Waals surface area contributed by atoms with Crippen LogP contribution in [0.2, 0.25) is 0 Å². The monoisotopic (exact) mass is 530 g/mol. The van der Waals surface area contributed by atoms with Crippen LogP contribution in [0.3, 0.4) is 0 Å². The third-order valence-electron chi connectivity index (χ3n) is 6.29. The van der Waals surface area contributed by atoms with Gasteiger partial charge in [-0.25, -0.2) is 0 Å². The Morgan fingerprint density at radius 3 is 2.46 bits per heavy atom. The molecule has 0 saturated heterocycles. The van der Waals surface area contributed by atoms with E-state index in [0.717, 1.165) is 36.9 Å². The fourth-order valence-corrected chi connectivity index (χ4v) is 4.54. The SMILES string of the molecule is CCOC(=O)CCC(=O)N(c1ccc(NC(=O)Cc2cc(C(=N)N)ccc2O)cc1C)C1CCCC1.Cl. The minimum Gasteiger partial charge on any atom is -0.508 e. The Morgan fingerprint density at radius 1 is 1.14 bits per heavy atom. The van der Waals surface area contributed by atoms with Crippen LogP contribution in [0.15, 0.2) is 36.4 Å². The number of hydrogen-bond acceptors (Lipinski definition) is 6. The highest BCUT2D eigenvalue weighted by Crippen LogP contribution is 2.32. The van der Waals surface area contributed by atoms with Gasteiger partial charge in [-0.3, -0.25) is 19.8 Å². The minimum atomic E-state index is -0.383. The number of aryl methyl sites for hydroxylation is 1. The summed E-state index contributed by atoms with van der Waals surface area (Å²) in [4.78, 5) is 39.4. The molecule has 9 nitrogen and oxygen atoms in total. The van der Waals surface area contributed by atoms with Crippen molar-refractivity contribution in [1.29, 1.82) is 5.41 Å². The number of nitrogens with zero attached hydrogens (tertiary/aromatic N) is 1. The van der Waals surface area contributed by atoms with E-state index in [9.17, 15) is 19.5 Å². The highest BCUT2D eigenvalue weighted by molar-refractivity contribution is 5.98. The van der Waals surface area contributed by atoms with Crippen LogP contribution >= 0.6 is 12.4 Å². The molecule has 0 aliphatic heterocycles. The maximum atomic E-state index is 13.2. The summed E-state index contributed by atoms with van der Waals surface area (Å²) < 4.78 is 4.97. The number of esters is 1. The molecule has 2 aromatic rings. The van der Waals surface area contributed by atoms with Gasteiger partial charge in [0.1, 0.15) is 11.6 Å². The van der Waals surface area contributed by atoms with Crippen LogP contribution in [-0.4, -0.2) is 41.4 Å². The second kappa shape index (κ2) is 13.6. The number of nitrogen functional groups attached to an aromatic ring is 1. The normalized spacial score (nSPS) is 12.9. The highest BCUT2D eigenvalue weighted by atomic mass is 35.5. The lowest BCUT2D eigenvalue weighted by atomic mass is 10.1. The lowest BCUT2D eigenvalue weighted by molar-refractivity contribution is -0.144. The molecule has 200 valence electrons. The van der Waals surface area contributed by atoms with Crippen molar-refractivity contribution in [2.24, 2.45) is 5.73 Å². The maximum Gasteiger partial charge on any atom is 0.306 e. The van der Waals surface area contributed by atoms with E-state index in [0.29, 0.717) is 16.8 Å². The van der Waals surface area contributed by atoms with Gasteiger partial charge in [-0.15, -0.1) is 12.4 Å². The van der Waals surface area contributed by atoms with E-state index in [1.807, 2.05) is 13.0 Å². The summed E-state index contributed by atoms with van der Waals surface area (Å²) in [5.41, 5.74) is 8.45. The summed E-state index contributed by atoms with van der Waals surface area (Å²) in [6, 6.07) is 9.90. The number of phenolic OH excluding ortho intramolecular Hbond substituents is 1. The first-order chi connectivity index (χ1) is 17.2. The van der Waals surface area contributed by atoms with E-state index >= 15 is 0 Å². The molecule has 3 rings (SSSR count). The molecule has 0 atom stereocenters. The maximum absolute atomic E-state index is 13.2.